The van der Waals surface area contributed by atoms with E-state index in [0.717, 1.165) is 5.69 Å². The molecule has 44 heavy (non-hydrogen) atoms. The Labute approximate surface area is 261 Å². The Morgan fingerprint density at radius 1 is 0.523 bits per heavy atom. The molecule has 6 aromatic carbocycles. The summed E-state index contributed by atoms with van der Waals surface area (Å²) in [6.07, 6.45) is 5.33. The van der Waals surface area contributed by atoms with E-state index in [0.29, 0.717) is 5.92 Å². The summed E-state index contributed by atoms with van der Waals surface area (Å²) in [4.78, 5) is 2.45. The van der Waals surface area contributed by atoms with Crippen LogP contribution in [-0.4, -0.2) is 4.57 Å². The van der Waals surface area contributed by atoms with E-state index in [1.165, 1.54) is 90.3 Å². The molecule has 0 N–H and O–H groups in total. The lowest BCUT2D eigenvalue weighted by Gasteiger charge is -2.27. The quantitative estimate of drug-likeness (QED) is 0.195. The number of nitrogens with zero attached hydrogens (tertiary/aromatic N) is 2. The summed E-state index contributed by atoms with van der Waals surface area (Å²) in [5.74, 6) is 0.701. The Morgan fingerprint density at radius 2 is 1.09 bits per heavy atom. The molecule has 0 radical (unpaired) electrons. The zero-order valence-electron chi connectivity index (χ0n) is 24.5. The Bertz CT molecular complexity index is 2230. The van der Waals surface area contributed by atoms with Gasteiger partial charge in [0.25, 0.3) is 0 Å². The second-order valence-electron chi connectivity index (χ2n) is 12.0. The van der Waals surface area contributed by atoms with Crippen molar-refractivity contribution in [2.24, 2.45) is 0 Å². The van der Waals surface area contributed by atoms with E-state index < -0.39 is 0 Å². The molecular weight excluding hydrogens is 553 g/mol. The number of aromatic nitrogens is 1. The Hall–Kier alpha value is -4.86. The van der Waals surface area contributed by atoms with Crippen LogP contribution in [0.4, 0.5) is 17.1 Å². The van der Waals surface area contributed by atoms with E-state index in [9.17, 15) is 0 Å². The maximum Gasteiger partial charge on any atom is 0.0554 e. The fourth-order valence-corrected chi connectivity index (χ4v) is 8.60. The fraction of sp³-hybridized carbons (Fsp3) is 0.122. The standard InChI is InChI=1S/C41H32N2S/c1-2-11-28(10-1)29-20-22-30(23-21-29)42(38-17-9-19-40-41(38)35-14-5-8-18-39(35)44-40)31-24-26-32(27-25-31)43-36-15-6-3-12-33(36)34-13-4-7-16-37(34)43/h3-9,12-28H,1-2,10-11H2. The van der Waals surface area contributed by atoms with Crippen molar-refractivity contribution in [2.75, 3.05) is 4.90 Å². The van der Waals surface area contributed by atoms with Gasteiger partial charge in [-0.2, -0.15) is 0 Å². The van der Waals surface area contributed by atoms with Crippen LogP contribution >= 0.6 is 11.3 Å². The van der Waals surface area contributed by atoms with E-state index >= 15 is 0 Å². The third kappa shape index (κ3) is 4.07. The average molecular weight is 585 g/mol. The molecule has 0 aliphatic heterocycles. The van der Waals surface area contributed by atoms with Crippen molar-refractivity contribution in [1.29, 1.82) is 0 Å². The van der Waals surface area contributed by atoms with Gasteiger partial charge in [-0.15, -0.1) is 11.3 Å². The van der Waals surface area contributed by atoms with Crippen molar-refractivity contribution >= 4 is 70.4 Å². The van der Waals surface area contributed by atoms with Crippen LogP contribution in [0.3, 0.4) is 0 Å². The predicted molar refractivity (Wildman–Crippen MR) is 190 cm³/mol. The van der Waals surface area contributed by atoms with Gasteiger partial charge in [0.1, 0.15) is 0 Å². The highest BCUT2D eigenvalue weighted by atomic mass is 32.1. The molecule has 2 heterocycles. The van der Waals surface area contributed by atoms with Gasteiger partial charge in [0.2, 0.25) is 0 Å². The average Bonchev–Trinajstić information content (AvgIpc) is 3.83. The molecule has 9 rings (SSSR count). The third-order valence-electron chi connectivity index (χ3n) is 9.55. The van der Waals surface area contributed by atoms with Crippen molar-refractivity contribution in [3.8, 4) is 5.69 Å². The van der Waals surface area contributed by atoms with Crippen LogP contribution < -0.4 is 4.90 Å². The van der Waals surface area contributed by atoms with Crippen LogP contribution in [-0.2, 0) is 0 Å². The first-order valence-corrected chi connectivity index (χ1v) is 16.5. The van der Waals surface area contributed by atoms with Crippen molar-refractivity contribution in [3.05, 3.63) is 145 Å². The van der Waals surface area contributed by atoms with Crippen molar-refractivity contribution < 1.29 is 0 Å². The maximum absolute atomic E-state index is 2.45. The third-order valence-corrected chi connectivity index (χ3v) is 10.7. The lowest BCUT2D eigenvalue weighted by molar-refractivity contribution is 0.723. The minimum Gasteiger partial charge on any atom is -0.310 e. The molecule has 0 amide bonds. The Morgan fingerprint density at radius 3 is 1.77 bits per heavy atom. The largest absolute Gasteiger partial charge is 0.310 e. The van der Waals surface area contributed by atoms with Gasteiger partial charge in [0, 0.05) is 48.0 Å². The Balaban J connectivity index is 1.22. The van der Waals surface area contributed by atoms with Crippen molar-refractivity contribution in [3.63, 3.8) is 0 Å². The van der Waals surface area contributed by atoms with Gasteiger partial charge in [-0.3, -0.25) is 0 Å². The lowest BCUT2D eigenvalue weighted by Crippen LogP contribution is -2.10. The molecule has 1 fully saturated rings. The number of thiophene rings is 1. The molecule has 0 unspecified atom stereocenters. The highest BCUT2D eigenvalue weighted by Gasteiger charge is 2.21. The molecule has 8 aromatic rings. The van der Waals surface area contributed by atoms with E-state index in [2.05, 4.69) is 149 Å². The SMILES string of the molecule is c1ccc2c(c1)sc1cccc(N(c3ccc(C4CCCC4)cc3)c3ccc(-n4c5ccccc5c5ccccc54)cc3)c12. The van der Waals surface area contributed by atoms with Crippen LogP contribution in [0.1, 0.15) is 37.2 Å². The summed E-state index contributed by atoms with van der Waals surface area (Å²) < 4.78 is 5.04. The molecular formula is C41H32N2S. The number of fused-ring (bicyclic) bond motifs is 6. The smallest absolute Gasteiger partial charge is 0.0554 e. The monoisotopic (exact) mass is 584 g/mol. The van der Waals surface area contributed by atoms with Gasteiger partial charge in [0.15, 0.2) is 0 Å². The number of rotatable bonds is 5. The van der Waals surface area contributed by atoms with Crippen LogP contribution in [0.15, 0.2) is 140 Å². The number of anilines is 3. The molecule has 0 bridgehead atoms. The molecule has 2 aromatic heterocycles. The lowest BCUT2D eigenvalue weighted by atomic mass is 9.97. The van der Waals surface area contributed by atoms with E-state index in [1.807, 2.05) is 11.3 Å². The number of hydrogen-bond donors (Lipinski definition) is 0. The van der Waals surface area contributed by atoms with E-state index in [-0.39, 0.29) is 0 Å². The maximum atomic E-state index is 2.45. The van der Waals surface area contributed by atoms with Gasteiger partial charge in [-0.25, -0.2) is 0 Å². The first-order valence-electron chi connectivity index (χ1n) is 15.7. The van der Waals surface area contributed by atoms with Crippen LogP contribution in [0, 0.1) is 0 Å². The van der Waals surface area contributed by atoms with Gasteiger partial charge in [0.05, 0.1) is 16.7 Å². The van der Waals surface area contributed by atoms with Crippen LogP contribution in [0.25, 0.3) is 47.7 Å². The number of hydrogen-bond acceptors (Lipinski definition) is 2. The van der Waals surface area contributed by atoms with Gasteiger partial charge >= 0.3 is 0 Å². The highest BCUT2D eigenvalue weighted by molar-refractivity contribution is 7.26. The Kier molecular flexibility index (Phi) is 6.05. The predicted octanol–water partition coefficient (Wildman–Crippen LogP) is 12.3. The second kappa shape index (κ2) is 10.4. The minimum absolute atomic E-state index is 0.701. The molecule has 2 nitrogen and oxygen atoms in total. The number of para-hydroxylation sites is 2. The van der Waals surface area contributed by atoms with Crippen molar-refractivity contribution in [1.82, 2.24) is 4.57 Å². The van der Waals surface area contributed by atoms with Crippen LogP contribution in [0.5, 0.6) is 0 Å². The first-order chi connectivity index (χ1) is 21.8. The molecule has 1 aliphatic carbocycles. The van der Waals surface area contributed by atoms with Crippen LogP contribution in [0.2, 0.25) is 0 Å². The number of benzene rings is 6. The molecule has 1 saturated carbocycles. The molecule has 0 spiro atoms. The minimum atomic E-state index is 0.701. The van der Waals surface area contributed by atoms with Gasteiger partial charge in [-0.05, 0) is 91.1 Å². The fourth-order valence-electron chi connectivity index (χ4n) is 7.48. The zero-order valence-corrected chi connectivity index (χ0v) is 25.3. The summed E-state index contributed by atoms with van der Waals surface area (Å²) in [5.41, 5.74) is 8.68. The molecule has 1 aliphatic rings. The normalized spacial score (nSPS) is 13.9. The summed E-state index contributed by atoms with van der Waals surface area (Å²) in [6, 6.07) is 51.5. The summed E-state index contributed by atoms with van der Waals surface area (Å²) >= 11 is 1.88. The van der Waals surface area contributed by atoms with Crippen molar-refractivity contribution in [2.45, 2.75) is 31.6 Å². The first kappa shape index (κ1) is 25.6. The summed E-state index contributed by atoms with van der Waals surface area (Å²) in [5, 5.41) is 5.20. The summed E-state index contributed by atoms with van der Waals surface area (Å²) in [6.45, 7) is 0. The topological polar surface area (TPSA) is 8.17 Å². The van der Waals surface area contributed by atoms with Gasteiger partial charge in [-0.1, -0.05) is 85.6 Å². The highest BCUT2D eigenvalue weighted by Crippen LogP contribution is 2.45. The summed E-state index contributed by atoms with van der Waals surface area (Å²) in [7, 11) is 0. The van der Waals surface area contributed by atoms with E-state index in [4.69, 9.17) is 0 Å². The van der Waals surface area contributed by atoms with Gasteiger partial charge < -0.3 is 9.47 Å². The zero-order chi connectivity index (χ0) is 29.0. The molecule has 0 atom stereocenters. The molecule has 3 heteroatoms. The second-order valence-corrected chi connectivity index (χ2v) is 13.1. The molecule has 212 valence electrons. The molecule has 0 saturated heterocycles. The van der Waals surface area contributed by atoms with E-state index in [1.54, 1.807) is 0 Å².